The van der Waals surface area contributed by atoms with Gasteiger partial charge in [-0.05, 0) is 30.7 Å². The Labute approximate surface area is 146 Å². The molecule has 0 radical (unpaired) electrons. The second-order valence-electron chi connectivity index (χ2n) is 6.98. The second-order valence-corrected chi connectivity index (χ2v) is 6.98. The van der Waals surface area contributed by atoms with Crippen molar-refractivity contribution >= 4 is 17.7 Å². The van der Waals surface area contributed by atoms with Gasteiger partial charge in [0.2, 0.25) is 0 Å². The van der Waals surface area contributed by atoms with Crippen molar-refractivity contribution in [2.45, 2.75) is 26.2 Å². The number of carbonyl (C=O) groups excluding carboxylic acids is 3. The van der Waals surface area contributed by atoms with Crippen LogP contribution in [0, 0.1) is 6.92 Å². The van der Waals surface area contributed by atoms with Gasteiger partial charge in [-0.15, -0.1) is 0 Å². The zero-order chi connectivity index (χ0) is 18.2. The number of carbonyl (C=O) groups is 3. The minimum atomic E-state index is -0.463. The molecule has 5 nitrogen and oxygen atoms in total. The number of nitrogens with one attached hydrogen (secondary N) is 2. The van der Waals surface area contributed by atoms with Crippen LogP contribution in [0.3, 0.4) is 0 Å². The van der Waals surface area contributed by atoms with Crippen molar-refractivity contribution in [3.05, 3.63) is 70.3 Å². The van der Waals surface area contributed by atoms with Crippen molar-refractivity contribution in [2.75, 3.05) is 6.54 Å². The number of rotatable bonds is 4. The van der Waals surface area contributed by atoms with Gasteiger partial charge in [-0.25, -0.2) is 0 Å². The fraction of sp³-hybridized carbons (Fsp3) is 0.250. The van der Waals surface area contributed by atoms with Gasteiger partial charge in [0.1, 0.15) is 0 Å². The van der Waals surface area contributed by atoms with Gasteiger partial charge in [-0.1, -0.05) is 43.7 Å². The highest BCUT2D eigenvalue weighted by Crippen LogP contribution is 2.23. The Morgan fingerprint density at radius 3 is 2.48 bits per heavy atom. The molecule has 0 saturated carbocycles. The Hall–Kier alpha value is -2.95. The van der Waals surface area contributed by atoms with E-state index in [-0.39, 0.29) is 16.9 Å². The first-order chi connectivity index (χ1) is 11.8. The van der Waals surface area contributed by atoms with E-state index < -0.39 is 11.8 Å². The molecule has 2 aromatic rings. The third kappa shape index (κ3) is 3.31. The van der Waals surface area contributed by atoms with Gasteiger partial charge in [0, 0.05) is 17.5 Å². The summed E-state index contributed by atoms with van der Waals surface area (Å²) < 4.78 is 0. The number of hydrogen-bond acceptors (Lipinski definition) is 3. The molecule has 0 fully saturated rings. The van der Waals surface area contributed by atoms with Crippen LogP contribution in [0.2, 0.25) is 0 Å². The molecule has 0 atom stereocenters. The lowest BCUT2D eigenvalue weighted by Crippen LogP contribution is -2.36. The number of imide groups is 1. The van der Waals surface area contributed by atoms with Gasteiger partial charge in [0.15, 0.2) is 0 Å². The van der Waals surface area contributed by atoms with E-state index in [1.807, 2.05) is 25.1 Å². The number of fused-ring (bicyclic) bond motifs is 1. The summed E-state index contributed by atoms with van der Waals surface area (Å²) in [5, 5.41) is 5.14. The van der Waals surface area contributed by atoms with Crippen LogP contribution in [0.4, 0.5) is 0 Å². The normalized spacial score (nSPS) is 13.4. The fourth-order valence-corrected chi connectivity index (χ4v) is 2.88. The summed E-state index contributed by atoms with van der Waals surface area (Å²) in [4.78, 5) is 35.7. The van der Waals surface area contributed by atoms with E-state index >= 15 is 0 Å². The summed E-state index contributed by atoms with van der Waals surface area (Å²) in [5.41, 5.74) is 3.00. The lowest BCUT2D eigenvalue weighted by atomic mass is 9.84. The largest absolute Gasteiger partial charge is 0.351 e. The van der Waals surface area contributed by atoms with Crippen molar-refractivity contribution in [3.63, 3.8) is 0 Å². The van der Waals surface area contributed by atoms with Crippen LogP contribution >= 0.6 is 0 Å². The molecular weight excluding hydrogens is 316 g/mol. The first-order valence-electron chi connectivity index (χ1n) is 8.13. The van der Waals surface area contributed by atoms with Crippen LogP contribution in [0.15, 0.2) is 42.5 Å². The summed E-state index contributed by atoms with van der Waals surface area (Å²) in [5.74, 6) is -1.15. The van der Waals surface area contributed by atoms with Crippen molar-refractivity contribution in [1.82, 2.24) is 10.6 Å². The summed E-state index contributed by atoms with van der Waals surface area (Å²) in [7, 11) is 0. The third-order valence-corrected chi connectivity index (χ3v) is 4.49. The monoisotopic (exact) mass is 336 g/mol. The number of hydrogen-bond donors (Lipinski definition) is 2. The van der Waals surface area contributed by atoms with E-state index in [9.17, 15) is 14.4 Å². The van der Waals surface area contributed by atoms with E-state index in [0.717, 1.165) is 5.56 Å². The molecule has 1 aliphatic heterocycles. The van der Waals surface area contributed by atoms with Crippen LogP contribution in [-0.4, -0.2) is 24.3 Å². The molecule has 1 aliphatic rings. The van der Waals surface area contributed by atoms with E-state index in [2.05, 4.69) is 30.5 Å². The SMILES string of the molecule is Cc1cccc(C(C)(C)CNC(=O)c2ccc3c(c2)C(=O)NC3=O)c1. The van der Waals surface area contributed by atoms with Gasteiger partial charge in [0.25, 0.3) is 17.7 Å². The summed E-state index contributed by atoms with van der Waals surface area (Å²) in [6, 6.07) is 12.7. The van der Waals surface area contributed by atoms with Gasteiger partial charge in [-0.3, -0.25) is 19.7 Å². The van der Waals surface area contributed by atoms with Crippen LogP contribution in [0.5, 0.6) is 0 Å². The first-order valence-corrected chi connectivity index (χ1v) is 8.13. The van der Waals surface area contributed by atoms with Crippen LogP contribution < -0.4 is 10.6 Å². The van der Waals surface area contributed by atoms with Crippen molar-refractivity contribution < 1.29 is 14.4 Å². The quantitative estimate of drug-likeness (QED) is 0.843. The van der Waals surface area contributed by atoms with Crippen molar-refractivity contribution in [3.8, 4) is 0 Å². The van der Waals surface area contributed by atoms with Crippen molar-refractivity contribution in [1.29, 1.82) is 0 Å². The number of aryl methyl sites for hydroxylation is 1. The average molecular weight is 336 g/mol. The molecular formula is C20H20N2O3. The molecule has 0 aromatic heterocycles. The number of amides is 3. The molecule has 2 N–H and O–H groups in total. The highest BCUT2D eigenvalue weighted by molar-refractivity contribution is 6.22. The van der Waals surface area contributed by atoms with Gasteiger partial charge >= 0.3 is 0 Å². The molecule has 0 unspecified atom stereocenters. The topological polar surface area (TPSA) is 75.3 Å². The van der Waals surface area contributed by atoms with Gasteiger partial charge in [0.05, 0.1) is 11.1 Å². The zero-order valence-electron chi connectivity index (χ0n) is 14.5. The first kappa shape index (κ1) is 16.9. The Morgan fingerprint density at radius 1 is 1.04 bits per heavy atom. The molecule has 25 heavy (non-hydrogen) atoms. The predicted octanol–water partition coefficient (Wildman–Crippen LogP) is 2.59. The average Bonchev–Trinajstić information content (AvgIpc) is 2.86. The molecule has 1 heterocycles. The molecule has 5 heteroatoms. The van der Waals surface area contributed by atoms with E-state index in [1.54, 1.807) is 6.07 Å². The lowest BCUT2D eigenvalue weighted by Gasteiger charge is -2.26. The maximum Gasteiger partial charge on any atom is 0.258 e. The standard InChI is InChI=1S/C20H20N2O3/c1-12-5-4-6-14(9-12)20(2,3)11-21-17(23)13-7-8-15-16(10-13)19(25)22-18(15)24/h4-10H,11H2,1-3H3,(H,21,23)(H,22,24,25). The Bertz CT molecular complexity index is 884. The van der Waals surface area contributed by atoms with E-state index in [4.69, 9.17) is 0 Å². The highest BCUT2D eigenvalue weighted by Gasteiger charge is 2.28. The molecule has 128 valence electrons. The van der Waals surface area contributed by atoms with E-state index in [1.165, 1.54) is 17.7 Å². The van der Waals surface area contributed by atoms with Crippen LogP contribution in [-0.2, 0) is 5.41 Å². The second kappa shape index (κ2) is 6.16. The van der Waals surface area contributed by atoms with Gasteiger partial charge in [-0.2, -0.15) is 0 Å². The predicted molar refractivity (Wildman–Crippen MR) is 94.8 cm³/mol. The fourth-order valence-electron chi connectivity index (χ4n) is 2.88. The lowest BCUT2D eigenvalue weighted by molar-refractivity contribution is 0.0878. The molecule has 0 aliphatic carbocycles. The minimum Gasteiger partial charge on any atom is -0.351 e. The summed E-state index contributed by atoms with van der Waals surface area (Å²) in [6.07, 6.45) is 0. The highest BCUT2D eigenvalue weighted by atomic mass is 16.2. The minimum absolute atomic E-state index is 0.230. The van der Waals surface area contributed by atoms with E-state index in [0.29, 0.717) is 17.7 Å². The molecule has 0 bridgehead atoms. The van der Waals surface area contributed by atoms with Crippen molar-refractivity contribution in [2.24, 2.45) is 0 Å². The number of benzene rings is 2. The Kier molecular flexibility index (Phi) is 4.17. The van der Waals surface area contributed by atoms with Crippen LogP contribution in [0.1, 0.15) is 56.0 Å². The Balaban J connectivity index is 1.74. The Morgan fingerprint density at radius 2 is 1.76 bits per heavy atom. The molecule has 3 rings (SSSR count). The molecule has 0 spiro atoms. The summed E-state index contributed by atoms with van der Waals surface area (Å²) >= 11 is 0. The maximum absolute atomic E-state index is 12.4. The van der Waals surface area contributed by atoms with Gasteiger partial charge < -0.3 is 5.32 Å². The molecule has 2 aromatic carbocycles. The smallest absolute Gasteiger partial charge is 0.258 e. The van der Waals surface area contributed by atoms with Crippen LogP contribution in [0.25, 0.3) is 0 Å². The summed E-state index contributed by atoms with van der Waals surface area (Å²) in [6.45, 7) is 6.63. The molecule has 3 amide bonds. The maximum atomic E-state index is 12.4. The molecule has 0 saturated heterocycles. The third-order valence-electron chi connectivity index (χ3n) is 4.49. The zero-order valence-corrected chi connectivity index (χ0v) is 14.5.